The lowest BCUT2D eigenvalue weighted by Crippen LogP contribution is -2.37. The number of rotatable bonds is 5. The topological polar surface area (TPSA) is 51.3 Å². The van der Waals surface area contributed by atoms with E-state index in [9.17, 15) is 4.79 Å². The van der Waals surface area contributed by atoms with E-state index < -0.39 is 0 Å². The third kappa shape index (κ3) is 3.69. The van der Waals surface area contributed by atoms with Crippen LogP contribution in [0.2, 0.25) is 0 Å². The van der Waals surface area contributed by atoms with Crippen LogP contribution in [-0.2, 0) is 13.1 Å². The molecule has 1 aliphatic heterocycles. The second kappa shape index (κ2) is 7.68. The lowest BCUT2D eigenvalue weighted by molar-refractivity contribution is 0.0714. The summed E-state index contributed by atoms with van der Waals surface area (Å²) in [6, 6.07) is 17.0. The molecule has 1 amide bonds. The second-order valence-electron chi connectivity index (χ2n) is 8.67. The summed E-state index contributed by atoms with van der Waals surface area (Å²) in [6.45, 7) is 3.25. The first kappa shape index (κ1) is 18.4. The first-order valence-electron chi connectivity index (χ1n) is 10.9. The first-order valence-corrected chi connectivity index (χ1v) is 10.9. The van der Waals surface area contributed by atoms with E-state index >= 15 is 0 Å². The van der Waals surface area contributed by atoms with E-state index in [4.69, 9.17) is 5.73 Å². The fourth-order valence-electron chi connectivity index (χ4n) is 4.71. The number of carbonyl (C=O) groups is 1. The summed E-state index contributed by atoms with van der Waals surface area (Å²) in [5.74, 6) is 1.49. The summed E-state index contributed by atoms with van der Waals surface area (Å²) in [4.78, 5) is 15.4. The van der Waals surface area contributed by atoms with Gasteiger partial charge in [-0.25, -0.2) is 0 Å². The van der Waals surface area contributed by atoms with E-state index in [1.807, 2.05) is 11.0 Å². The molecule has 1 aliphatic carbocycles. The van der Waals surface area contributed by atoms with Crippen molar-refractivity contribution in [1.29, 1.82) is 0 Å². The zero-order valence-corrected chi connectivity index (χ0v) is 16.9. The number of likely N-dealkylation sites (tertiary alicyclic amines) is 1. The molecule has 0 spiro atoms. The molecular formula is C25H29N3O. The fraction of sp³-hybridized carbons (Fsp3) is 0.400. The van der Waals surface area contributed by atoms with Crippen molar-refractivity contribution in [2.24, 2.45) is 11.7 Å². The van der Waals surface area contributed by atoms with Gasteiger partial charge in [0.1, 0.15) is 0 Å². The van der Waals surface area contributed by atoms with E-state index in [2.05, 4.69) is 53.2 Å². The van der Waals surface area contributed by atoms with Gasteiger partial charge < -0.3 is 15.2 Å². The number of fused-ring (bicyclic) bond motifs is 1. The van der Waals surface area contributed by atoms with Crippen molar-refractivity contribution in [3.8, 4) is 0 Å². The molecule has 4 heteroatoms. The van der Waals surface area contributed by atoms with E-state index in [0.717, 1.165) is 49.3 Å². The number of hydrogen-bond acceptors (Lipinski definition) is 2. The maximum atomic E-state index is 13.4. The van der Waals surface area contributed by atoms with Gasteiger partial charge >= 0.3 is 0 Å². The number of nitrogens with two attached hydrogens (primary N) is 1. The number of para-hydroxylation sites is 1. The number of benzene rings is 2. The van der Waals surface area contributed by atoms with Gasteiger partial charge in [-0.1, -0.05) is 42.5 Å². The van der Waals surface area contributed by atoms with Crippen molar-refractivity contribution in [3.05, 3.63) is 71.4 Å². The number of carbonyl (C=O) groups excluding carboxylic acids is 1. The lowest BCUT2D eigenvalue weighted by atomic mass is 9.88. The van der Waals surface area contributed by atoms with Crippen LogP contribution in [-0.4, -0.2) is 28.5 Å². The van der Waals surface area contributed by atoms with Crippen LogP contribution in [0.25, 0.3) is 10.9 Å². The molecule has 1 aromatic heterocycles. The molecule has 1 saturated carbocycles. The first-order chi connectivity index (χ1) is 14.2. The maximum absolute atomic E-state index is 13.4. The molecule has 4 nitrogen and oxygen atoms in total. The lowest BCUT2D eigenvalue weighted by Gasteiger charge is -2.32. The van der Waals surface area contributed by atoms with Gasteiger partial charge in [-0.05, 0) is 54.7 Å². The third-order valence-corrected chi connectivity index (χ3v) is 6.61. The zero-order chi connectivity index (χ0) is 19.8. The number of aromatic nitrogens is 1. The van der Waals surface area contributed by atoms with E-state index in [-0.39, 0.29) is 5.91 Å². The number of amides is 1. The highest BCUT2D eigenvalue weighted by atomic mass is 16.2. The SMILES string of the molecule is NCc1cccc(C2CCN(C(=O)c3cn(CC4CC4)c4ccccc34)CC2)c1. The third-order valence-electron chi connectivity index (χ3n) is 6.61. The number of hydrogen-bond donors (Lipinski definition) is 1. The molecule has 2 aromatic carbocycles. The largest absolute Gasteiger partial charge is 0.346 e. The molecule has 1 saturated heterocycles. The Bertz CT molecular complexity index is 1030. The smallest absolute Gasteiger partial charge is 0.256 e. The van der Waals surface area contributed by atoms with Gasteiger partial charge in [0.25, 0.3) is 5.91 Å². The zero-order valence-electron chi connectivity index (χ0n) is 16.9. The van der Waals surface area contributed by atoms with Gasteiger partial charge in [0.2, 0.25) is 0 Å². The molecule has 3 aromatic rings. The monoisotopic (exact) mass is 387 g/mol. The maximum Gasteiger partial charge on any atom is 0.256 e. The summed E-state index contributed by atoms with van der Waals surface area (Å²) in [5.41, 5.74) is 10.4. The van der Waals surface area contributed by atoms with Crippen molar-refractivity contribution in [2.45, 2.75) is 44.7 Å². The van der Waals surface area contributed by atoms with Crippen molar-refractivity contribution in [1.82, 2.24) is 9.47 Å². The Morgan fingerprint density at radius 3 is 2.55 bits per heavy atom. The minimum atomic E-state index is 0.185. The Balaban J connectivity index is 1.33. The van der Waals surface area contributed by atoms with E-state index in [1.165, 1.54) is 29.5 Å². The molecule has 150 valence electrons. The van der Waals surface area contributed by atoms with Gasteiger partial charge in [0, 0.05) is 43.3 Å². The average molecular weight is 388 g/mol. The predicted molar refractivity (Wildman–Crippen MR) is 117 cm³/mol. The van der Waals surface area contributed by atoms with Gasteiger partial charge in [0.05, 0.1) is 5.56 Å². The van der Waals surface area contributed by atoms with Crippen LogP contribution in [0.4, 0.5) is 0 Å². The van der Waals surface area contributed by atoms with Crippen LogP contribution in [0.15, 0.2) is 54.7 Å². The van der Waals surface area contributed by atoms with Gasteiger partial charge in [-0.2, -0.15) is 0 Å². The molecule has 2 N–H and O–H groups in total. The van der Waals surface area contributed by atoms with Crippen molar-refractivity contribution < 1.29 is 4.79 Å². The molecule has 0 bridgehead atoms. The summed E-state index contributed by atoms with van der Waals surface area (Å²) < 4.78 is 2.30. The summed E-state index contributed by atoms with van der Waals surface area (Å²) in [7, 11) is 0. The Morgan fingerprint density at radius 2 is 1.79 bits per heavy atom. The highest BCUT2D eigenvalue weighted by Crippen LogP contribution is 2.34. The minimum Gasteiger partial charge on any atom is -0.346 e. The molecule has 0 unspecified atom stereocenters. The molecule has 0 atom stereocenters. The van der Waals surface area contributed by atoms with Crippen LogP contribution in [0.1, 0.15) is 53.1 Å². The van der Waals surface area contributed by atoms with E-state index in [1.54, 1.807) is 0 Å². The Kier molecular flexibility index (Phi) is 4.88. The fourth-order valence-corrected chi connectivity index (χ4v) is 4.71. The van der Waals surface area contributed by atoms with Gasteiger partial charge in [-0.15, -0.1) is 0 Å². The van der Waals surface area contributed by atoms with Crippen LogP contribution in [0, 0.1) is 5.92 Å². The number of piperidine rings is 1. The molecule has 2 aliphatic rings. The van der Waals surface area contributed by atoms with Crippen LogP contribution >= 0.6 is 0 Å². The van der Waals surface area contributed by atoms with Crippen molar-refractivity contribution in [2.75, 3.05) is 13.1 Å². The summed E-state index contributed by atoms with van der Waals surface area (Å²) >= 11 is 0. The van der Waals surface area contributed by atoms with Crippen LogP contribution < -0.4 is 5.73 Å². The average Bonchev–Trinajstić information content (AvgIpc) is 3.53. The second-order valence-corrected chi connectivity index (χ2v) is 8.67. The van der Waals surface area contributed by atoms with Crippen LogP contribution in [0.5, 0.6) is 0 Å². The Labute approximate surface area is 172 Å². The number of nitrogens with zero attached hydrogens (tertiary/aromatic N) is 2. The van der Waals surface area contributed by atoms with Gasteiger partial charge in [0.15, 0.2) is 0 Å². The highest BCUT2D eigenvalue weighted by molar-refractivity contribution is 6.07. The van der Waals surface area contributed by atoms with E-state index in [0.29, 0.717) is 12.5 Å². The summed E-state index contributed by atoms with van der Waals surface area (Å²) in [5, 5.41) is 1.09. The molecule has 29 heavy (non-hydrogen) atoms. The Hall–Kier alpha value is -2.59. The molecule has 0 radical (unpaired) electrons. The molecular weight excluding hydrogens is 358 g/mol. The summed E-state index contributed by atoms with van der Waals surface area (Å²) in [6.07, 6.45) is 6.76. The molecule has 2 heterocycles. The van der Waals surface area contributed by atoms with Crippen LogP contribution in [0.3, 0.4) is 0 Å². The minimum absolute atomic E-state index is 0.185. The Morgan fingerprint density at radius 1 is 1.00 bits per heavy atom. The standard InChI is InChI=1S/C25H29N3O/c26-15-19-4-3-5-21(14-19)20-10-12-27(13-11-20)25(29)23-17-28(16-18-8-9-18)24-7-2-1-6-22(23)24/h1-7,14,17-18,20H,8-13,15-16,26H2. The quantitative estimate of drug-likeness (QED) is 0.699. The van der Waals surface area contributed by atoms with Crippen molar-refractivity contribution in [3.63, 3.8) is 0 Å². The van der Waals surface area contributed by atoms with Gasteiger partial charge in [-0.3, -0.25) is 4.79 Å². The predicted octanol–water partition coefficient (Wildman–Crippen LogP) is 4.53. The molecule has 5 rings (SSSR count). The normalized spacial score (nSPS) is 17.8. The molecule has 2 fully saturated rings. The highest BCUT2D eigenvalue weighted by Gasteiger charge is 2.28. The van der Waals surface area contributed by atoms with Crippen molar-refractivity contribution >= 4 is 16.8 Å².